The third-order valence-electron chi connectivity index (χ3n) is 2.84. The second-order valence-electron chi connectivity index (χ2n) is 4.49. The molecule has 0 saturated carbocycles. The summed E-state index contributed by atoms with van der Waals surface area (Å²) in [6.45, 7) is 4.90. The fourth-order valence-corrected chi connectivity index (χ4v) is 3.74. The molecule has 84 valence electrons. The van der Waals surface area contributed by atoms with Gasteiger partial charge in [0.1, 0.15) is 0 Å². The van der Waals surface area contributed by atoms with Crippen molar-refractivity contribution in [3.63, 3.8) is 0 Å². The van der Waals surface area contributed by atoms with E-state index in [1.54, 1.807) is 11.3 Å². The summed E-state index contributed by atoms with van der Waals surface area (Å²) in [4.78, 5) is 1.37. The number of alkyl halides is 1. The number of hydrogen-bond donors (Lipinski definition) is 0. The fourth-order valence-electron chi connectivity index (χ4n) is 1.94. The van der Waals surface area contributed by atoms with E-state index in [0.29, 0.717) is 5.92 Å². The van der Waals surface area contributed by atoms with Crippen LogP contribution in [0.25, 0.3) is 0 Å². The molecule has 4 heteroatoms. The third-order valence-corrected chi connectivity index (χ3v) is 5.37. The van der Waals surface area contributed by atoms with E-state index in [0.717, 1.165) is 13.0 Å². The maximum Gasteiger partial charge on any atom is 0.0793 e. The van der Waals surface area contributed by atoms with E-state index in [-0.39, 0.29) is 11.0 Å². The van der Waals surface area contributed by atoms with Crippen LogP contribution >= 0.6 is 38.9 Å². The molecule has 1 aromatic heterocycles. The molecular formula is C11H14BrClOS. The Balaban J connectivity index is 2.02. The van der Waals surface area contributed by atoms with E-state index in [4.69, 9.17) is 16.3 Å². The normalized spacial score (nSPS) is 29.6. The third kappa shape index (κ3) is 2.57. The van der Waals surface area contributed by atoms with Crippen LogP contribution in [-0.2, 0) is 11.2 Å². The van der Waals surface area contributed by atoms with Crippen LogP contribution in [0.1, 0.15) is 18.7 Å². The second-order valence-corrected chi connectivity index (χ2v) is 7.50. The Hall–Kier alpha value is 0.430. The molecule has 1 aliphatic rings. The first-order chi connectivity index (χ1) is 6.99. The van der Waals surface area contributed by atoms with E-state index in [2.05, 4.69) is 41.9 Å². The zero-order valence-corrected chi connectivity index (χ0v) is 12.0. The molecule has 1 aliphatic heterocycles. The molecule has 15 heavy (non-hydrogen) atoms. The van der Waals surface area contributed by atoms with Crippen molar-refractivity contribution in [3.8, 4) is 0 Å². The summed E-state index contributed by atoms with van der Waals surface area (Å²) < 4.78 is 6.89. The fraction of sp³-hybridized carbons (Fsp3) is 0.636. The molecule has 2 unspecified atom stereocenters. The van der Waals surface area contributed by atoms with E-state index in [9.17, 15) is 0 Å². The van der Waals surface area contributed by atoms with E-state index >= 15 is 0 Å². The number of hydrogen-bond acceptors (Lipinski definition) is 2. The smallest absolute Gasteiger partial charge is 0.0793 e. The predicted octanol–water partition coefficient (Wildman–Crippen LogP) is 4.09. The van der Waals surface area contributed by atoms with Gasteiger partial charge in [0.25, 0.3) is 0 Å². The molecule has 0 aliphatic carbocycles. The molecule has 0 amide bonds. The minimum absolute atomic E-state index is 0.110. The van der Waals surface area contributed by atoms with Gasteiger partial charge in [-0.05, 0) is 48.3 Å². The van der Waals surface area contributed by atoms with Gasteiger partial charge in [-0.15, -0.1) is 22.9 Å². The molecule has 1 aromatic rings. The van der Waals surface area contributed by atoms with Crippen molar-refractivity contribution in [1.29, 1.82) is 0 Å². The molecule has 0 bridgehead atoms. The summed E-state index contributed by atoms with van der Waals surface area (Å²) in [5, 5.41) is 0.110. The van der Waals surface area contributed by atoms with E-state index in [1.807, 2.05) is 0 Å². The highest BCUT2D eigenvalue weighted by Crippen LogP contribution is 2.37. The molecule has 2 atom stereocenters. The zero-order chi connectivity index (χ0) is 11.1. The maximum absolute atomic E-state index is 6.39. The van der Waals surface area contributed by atoms with Gasteiger partial charge in [-0.2, -0.15) is 0 Å². The average Bonchev–Trinajstić information content (AvgIpc) is 2.66. The molecule has 1 saturated heterocycles. The van der Waals surface area contributed by atoms with Crippen molar-refractivity contribution in [2.75, 3.05) is 6.61 Å². The second kappa shape index (κ2) is 4.36. The largest absolute Gasteiger partial charge is 0.374 e. The van der Waals surface area contributed by atoms with Gasteiger partial charge in [0.05, 0.1) is 21.4 Å². The lowest BCUT2D eigenvalue weighted by molar-refractivity contribution is 0.0365. The topological polar surface area (TPSA) is 9.23 Å². The number of ether oxygens (including phenoxy) is 1. The van der Waals surface area contributed by atoms with Crippen LogP contribution in [0.4, 0.5) is 0 Å². The number of halogens is 2. The van der Waals surface area contributed by atoms with Crippen molar-refractivity contribution in [2.45, 2.75) is 31.2 Å². The summed E-state index contributed by atoms with van der Waals surface area (Å²) in [7, 11) is 0. The lowest BCUT2D eigenvalue weighted by Crippen LogP contribution is -2.31. The first-order valence-electron chi connectivity index (χ1n) is 5.01. The molecule has 1 nitrogen and oxygen atoms in total. The summed E-state index contributed by atoms with van der Waals surface area (Å²) in [5.41, 5.74) is -0.180. The Bertz CT molecular complexity index is 350. The number of rotatable bonds is 2. The van der Waals surface area contributed by atoms with E-state index < -0.39 is 0 Å². The highest BCUT2D eigenvalue weighted by Gasteiger charge is 2.41. The van der Waals surface area contributed by atoms with Crippen molar-refractivity contribution in [3.05, 3.63) is 20.8 Å². The number of thiophene rings is 1. The molecule has 2 rings (SSSR count). The van der Waals surface area contributed by atoms with E-state index in [1.165, 1.54) is 8.66 Å². The Morgan fingerprint density at radius 2 is 2.33 bits per heavy atom. The molecule has 0 N–H and O–H groups in total. The van der Waals surface area contributed by atoms with Crippen LogP contribution in [0.5, 0.6) is 0 Å². The first kappa shape index (κ1) is 11.9. The van der Waals surface area contributed by atoms with Gasteiger partial charge in [0.15, 0.2) is 0 Å². The lowest BCUT2D eigenvalue weighted by Gasteiger charge is -2.22. The minimum atomic E-state index is -0.180. The average molecular weight is 310 g/mol. The van der Waals surface area contributed by atoms with Gasteiger partial charge in [-0.25, -0.2) is 0 Å². The van der Waals surface area contributed by atoms with Gasteiger partial charge in [-0.3, -0.25) is 0 Å². The maximum atomic E-state index is 6.39. The van der Waals surface area contributed by atoms with Crippen LogP contribution < -0.4 is 0 Å². The van der Waals surface area contributed by atoms with Gasteiger partial charge in [-0.1, -0.05) is 0 Å². The van der Waals surface area contributed by atoms with Gasteiger partial charge in [0.2, 0.25) is 0 Å². The Labute approximate surface area is 108 Å². The Kier molecular flexibility index (Phi) is 3.46. The first-order valence-corrected chi connectivity index (χ1v) is 7.06. The quantitative estimate of drug-likeness (QED) is 0.748. The van der Waals surface area contributed by atoms with Crippen LogP contribution in [0.3, 0.4) is 0 Å². The molecule has 1 fully saturated rings. The molecule has 0 aromatic carbocycles. The highest BCUT2D eigenvalue weighted by atomic mass is 79.9. The van der Waals surface area contributed by atoms with Gasteiger partial charge in [0, 0.05) is 10.8 Å². The van der Waals surface area contributed by atoms with Gasteiger partial charge < -0.3 is 4.74 Å². The van der Waals surface area contributed by atoms with Crippen LogP contribution in [0.2, 0.25) is 0 Å². The van der Waals surface area contributed by atoms with Crippen LogP contribution in [-0.4, -0.2) is 17.6 Å². The van der Waals surface area contributed by atoms with Crippen molar-refractivity contribution in [2.24, 2.45) is 5.92 Å². The lowest BCUT2D eigenvalue weighted by atomic mass is 9.94. The molecular weight excluding hydrogens is 296 g/mol. The Morgan fingerprint density at radius 3 is 2.80 bits per heavy atom. The minimum Gasteiger partial charge on any atom is -0.374 e. The molecule has 0 radical (unpaired) electrons. The molecule has 0 spiro atoms. The van der Waals surface area contributed by atoms with Crippen LogP contribution in [0.15, 0.2) is 15.9 Å². The highest BCUT2D eigenvalue weighted by molar-refractivity contribution is 9.11. The molecule has 2 heterocycles. The van der Waals surface area contributed by atoms with Crippen molar-refractivity contribution >= 4 is 38.9 Å². The summed E-state index contributed by atoms with van der Waals surface area (Å²) in [5.74, 6) is 0.437. The zero-order valence-electron chi connectivity index (χ0n) is 8.80. The predicted molar refractivity (Wildman–Crippen MR) is 68.9 cm³/mol. The standard InChI is InChI=1S/C11H14BrClOS/c1-11(2)10(13)7(6-14-11)5-8-3-4-9(12)15-8/h3-4,7,10H,5-6H2,1-2H3. The van der Waals surface area contributed by atoms with Crippen LogP contribution in [0, 0.1) is 5.92 Å². The van der Waals surface area contributed by atoms with Gasteiger partial charge >= 0.3 is 0 Å². The SMILES string of the molecule is CC1(C)OCC(Cc2ccc(Br)s2)C1Cl. The Morgan fingerprint density at radius 1 is 1.60 bits per heavy atom. The van der Waals surface area contributed by atoms with Crippen molar-refractivity contribution < 1.29 is 4.74 Å². The van der Waals surface area contributed by atoms with Crippen molar-refractivity contribution in [1.82, 2.24) is 0 Å². The summed E-state index contributed by atoms with van der Waals surface area (Å²) >= 11 is 11.6. The summed E-state index contributed by atoms with van der Waals surface area (Å²) in [6, 6.07) is 4.24. The monoisotopic (exact) mass is 308 g/mol. The summed E-state index contributed by atoms with van der Waals surface area (Å²) in [6.07, 6.45) is 1.02.